The highest BCUT2D eigenvalue weighted by Gasteiger charge is 2.51. The number of carbonyl (C=O) groups is 4. The number of rotatable bonds is 21. The molecule has 3 N–H and O–H groups in total. The average Bonchev–Trinajstić information content (AvgIpc) is 3.99. The number of nitrogens with zero attached hydrogens (tertiary/aromatic N) is 5. The molecule has 20 heteroatoms. The highest BCUT2D eigenvalue weighted by Crippen LogP contribution is 2.42. The van der Waals surface area contributed by atoms with Gasteiger partial charge >= 0.3 is 6.18 Å². The number of anilines is 2. The summed E-state index contributed by atoms with van der Waals surface area (Å²) in [5.41, 5.74) is 1.53. The number of alkyl halides is 3. The molecule has 71 heavy (non-hydrogen) atoms. The van der Waals surface area contributed by atoms with Crippen LogP contribution in [0.5, 0.6) is 5.75 Å². The molecule has 1 aromatic heterocycles. The van der Waals surface area contributed by atoms with E-state index in [9.17, 15) is 37.5 Å². The lowest BCUT2D eigenvalue weighted by Gasteiger charge is -2.35. The fraction of sp³-hybridized carbons (Fsp3) is 0.471. The molecular formula is C51H60F3N7O8S2. The number of ether oxygens (including phenoxy) is 3. The average molecular weight is 1020 g/mol. The van der Waals surface area contributed by atoms with Gasteiger partial charge in [0, 0.05) is 70.2 Å². The number of aliphatic hydroxyl groups is 1. The lowest BCUT2D eigenvalue weighted by molar-refractivity contribution is -0.144. The number of thiocarbonyl (C=S) groups is 1. The SMILES string of the molecule is [C-]#[N+]c1ccc(N2C(=O)C(C)(C)N(c3ccc(OCCCOCCCOCCCC(=O)N[C@H](C(=O)N4C[C@H](O)C[C@H]4C(=O)NCc4ccc(-c5scnc5C)cc4)C(C)(C)C)cc3)C2=S)cc1C(F)(F)F. The predicted molar refractivity (Wildman–Crippen MR) is 268 cm³/mol. The Morgan fingerprint density at radius 1 is 0.958 bits per heavy atom. The van der Waals surface area contributed by atoms with E-state index in [0.29, 0.717) is 63.7 Å². The van der Waals surface area contributed by atoms with Crippen LogP contribution < -0.4 is 25.2 Å². The number of amides is 4. The van der Waals surface area contributed by atoms with E-state index >= 15 is 0 Å². The van der Waals surface area contributed by atoms with Crippen LogP contribution in [0.15, 0.2) is 72.2 Å². The number of hydrogen-bond acceptors (Lipinski definition) is 11. The number of carbonyl (C=O) groups excluding carboxylic acids is 4. The van der Waals surface area contributed by atoms with Gasteiger partial charge in [-0.15, -0.1) is 11.3 Å². The fourth-order valence-electron chi connectivity index (χ4n) is 8.30. The molecule has 2 aliphatic heterocycles. The minimum Gasteiger partial charge on any atom is -0.494 e. The van der Waals surface area contributed by atoms with Gasteiger partial charge in [-0.05, 0) is 98.8 Å². The zero-order chi connectivity index (χ0) is 51.7. The van der Waals surface area contributed by atoms with E-state index in [1.54, 1.807) is 59.9 Å². The Labute approximate surface area is 421 Å². The number of aromatic nitrogens is 1. The molecular weight excluding hydrogens is 960 g/mol. The number of hydrogen-bond donors (Lipinski definition) is 3. The van der Waals surface area contributed by atoms with Gasteiger partial charge in [0.25, 0.3) is 5.91 Å². The van der Waals surface area contributed by atoms with E-state index in [-0.39, 0.29) is 48.5 Å². The van der Waals surface area contributed by atoms with E-state index in [1.165, 1.54) is 11.0 Å². The molecule has 3 atom stereocenters. The Kier molecular flexibility index (Phi) is 18.0. The van der Waals surface area contributed by atoms with Crippen molar-refractivity contribution in [1.29, 1.82) is 0 Å². The standard InChI is InChI=1S/C51H60F3N7O8S2/c1-32-43(71-31-57-32)34-14-12-33(13-15-34)29-56-45(64)41-28-37(62)30-59(41)46(65)44(49(2,3)4)58-42(63)11-8-22-67-23-9-24-68-25-10-26-69-38-19-16-35(17-20-38)61-48(70)60(47(66)50(61,5)6)36-18-21-40(55-7)39(27-36)51(52,53)54/h12-21,27,31,37,41,44,62H,8-11,22-26,28-30H2,1-6H3,(H,56,64)(H,58,63)/t37-,41+,44-/m1/s1. The first-order valence-corrected chi connectivity index (χ1v) is 24.6. The zero-order valence-electron chi connectivity index (χ0n) is 40.6. The molecule has 15 nitrogen and oxygen atoms in total. The van der Waals surface area contributed by atoms with Gasteiger partial charge < -0.3 is 39.8 Å². The van der Waals surface area contributed by atoms with Gasteiger partial charge in [0.2, 0.25) is 17.7 Å². The molecule has 6 rings (SSSR count). The monoisotopic (exact) mass is 1020 g/mol. The normalized spacial score (nSPS) is 17.3. The number of β-amino-alcohol motifs (C(OH)–C–C–N with tert-alkyl or cyclic N) is 1. The summed E-state index contributed by atoms with van der Waals surface area (Å²) in [5.74, 6) is -1.08. The summed E-state index contributed by atoms with van der Waals surface area (Å²) in [6.07, 6.45) is -3.78. The van der Waals surface area contributed by atoms with Crippen molar-refractivity contribution in [2.24, 2.45) is 5.41 Å². The summed E-state index contributed by atoms with van der Waals surface area (Å²) in [6.45, 7) is 20.1. The van der Waals surface area contributed by atoms with Crippen LogP contribution in [0.4, 0.5) is 30.2 Å². The lowest BCUT2D eigenvalue weighted by Crippen LogP contribution is -2.57. The first-order chi connectivity index (χ1) is 33.6. The minimum absolute atomic E-state index is 0.000617. The van der Waals surface area contributed by atoms with Crippen LogP contribution in [0.25, 0.3) is 15.3 Å². The second kappa shape index (κ2) is 23.5. The predicted octanol–water partition coefficient (Wildman–Crippen LogP) is 8.39. The van der Waals surface area contributed by atoms with Crippen molar-refractivity contribution in [2.45, 2.75) is 110 Å². The van der Waals surface area contributed by atoms with Crippen LogP contribution in [0, 0.1) is 18.9 Å². The molecule has 0 saturated carbocycles. The van der Waals surface area contributed by atoms with Gasteiger partial charge in [-0.2, -0.15) is 13.2 Å². The third-order valence-corrected chi connectivity index (χ3v) is 13.5. The van der Waals surface area contributed by atoms with Crippen molar-refractivity contribution in [3.05, 3.63) is 100 Å². The molecule has 380 valence electrons. The zero-order valence-corrected chi connectivity index (χ0v) is 42.3. The molecule has 2 fully saturated rings. The van der Waals surface area contributed by atoms with Gasteiger partial charge in [-0.1, -0.05) is 51.1 Å². The summed E-state index contributed by atoms with van der Waals surface area (Å²) in [6, 6.07) is 16.0. The van der Waals surface area contributed by atoms with Crippen LogP contribution in [0.3, 0.4) is 0 Å². The van der Waals surface area contributed by atoms with Crippen molar-refractivity contribution < 1.29 is 51.7 Å². The van der Waals surface area contributed by atoms with Gasteiger partial charge in [0.1, 0.15) is 23.4 Å². The number of aryl methyl sites for hydroxylation is 1. The quantitative estimate of drug-likeness (QED) is 0.0417. The smallest absolute Gasteiger partial charge is 0.407 e. The topological polar surface area (TPSA) is 167 Å². The first kappa shape index (κ1) is 54.4. The molecule has 0 spiro atoms. The molecule has 4 aromatic rings. The number of halogens is 3. The summed E-state index contributed by atoms with van der Waals surface area (Å²) in [5, 5.41) is 16.4. The second-order valence-corrected chi connectivity index (χ2v) is 20.2. The Morgan fingerprint density at radius 3 is 2.20 bits per heavy atom. The Morgan fingerprint density at radius 2 is 1.59 bits per heavy atom. The van der Waals surface area contributed by atoms with E-state index in [0.717, 1.165) is 38.7 Å². The highest BCUT2D eigenvalue weighted by molar-refractivity contribution is 7.81. The van der Waals surface area contributed by atoms with E-state index in [2.05, 4.69) is 20.5 Å². The number of likely N-dealkylation sites (tertiary alicyclic amines) is 1. The fourth-order valence-corrected chi connectivity index (χ4v) is 9.64. The van der Waals surface area contributed by atoms with Crippen molar-refractivity contribution in [3.63, 3.8) is 0 Å². The molecule has 4 amide bonds. The lowest BCUT2D eigenvalue weighted by atomic mass is 9.85. The molecule has 2 saturated heterocycles. The number of benzene rings is 3. The van der Waals surface area contributed by atoms with E-state index in [1.807, 2.05) is 52.0 Å². The molecule has 0 radical (unpaired) electrons. The maximum atomic E-state index is 14.0. The van der Waals surface area contributed by atoms with E-state index in [4.69, 9.17) is 33.0 Å². The van der Waals surface area contributed by atoms with Gasteiger partial charge in [0.05, 0.1) is 40.9 Å². The van der Waals surface area contributed by atoms with Crippen molar-refractivity contribution in [2.75, 3.05) is 49.4 Å². The number of nitrogens with one attached hydrogen (secondary N) is 2. The maximum absolute atomic E-state index is 14.0. The van der Waals surface area contributed by atoms with Gasteiger partial charge in [-0.3, -0.25) is 24.1 Å². The Bertz CT molecular complexity index is 2580. The largest absolute Gasteiger partial charge is 0.494 e. The number of aliphatic hydroxyl groups excluding tert-OH is 1. The van der Waals surface area contributed by atoms with Crippen LogP contribution in [0.2, 0.25) is 0 Å². The minimum atomic E-state index is -4.79. The molecule has 0 aliphatic carbocycles. The van der Waals surface area contributed by atoms with Gasteiger partial charge in [0.15, 0.2) is 10.8 Å². The van der Waals surface area contributed by atoms with Crippen LogP contribution >= 0.6 is 23.6 Å². The van der Waals surface area contributed by atoms with E-state index < -0.39 is 58.4 Å². The molecule has 3 heterocycles. The third kappa shape index (κ3) is 13.5. The molecule has 0 bridgehead atoms. The third-order valence-electron chi connectivity index (χ3n) is 12.1. The maximum Gasteiger partial charge on any atom is 0.407 e. The van der Waals surface area contributed by atoms with Crippen molar-refractivity contribution in [1.82, 2.24) is 20.5 Å². The first-order valence-electron chi connectivity index (χ1n) is 23.3. The summed E-state index contributed by atoms with van der Waals surface area (Å²) < 4.78 is 58.4. The second-order valence-electron chi connectivity index (χ2n) is 19.0. The van der Waals surface area contributed by atoms with Crippen LogP contribution in [-0.2, 0) is 41.4 Å². The summed E-state index contributed by atoms with van der Waals surface area (Å²) in [4.78, 5) is 66.4. The Hall–Kier alpha value is -5.98. The molecule has 0 unspecified atom stereocenters. The van der Waals surface area contributed by atoms with Crippen LogP contribution in [0.1, 0.15) is 83.5 Å². The highest BCUT2D eigenvalue weighted by atomic mass is 32.1. The summed E-state index contributed by atoms with van der Waals surface area (Å²) in [7, 11) is 0. The van der Waals surface area contributed by atoms with Crippen molar-refractivity contribution in [3.8, 4) is 16.2 Å². The van der Waals surface area contributed by atoms with Crippen LogP contribution in [-0.4, -0.2) is 107 Å². The Balaban J connectivity index is 0.851. The summed E-state index contributed by atoms with van der Waals surface area (Å²) >= 11 is 7.19. The molecule has 2 aliphatic rings. The van der Waals surface area contributed by atoms with Crippen molar-refractivity contribution >= 4 is 69.4 Å². The van der Waals surface area contributed by atoms with Gasteiger partial charge in [-0.25, -0.2) is 9.83 Å². The number of thiazole rings is 1. The molecule has 3 aromatic carbocycles.